The molecule has 2 aromatic heterocycles. The first-order valence-corrected chi connectivity index (χ1v) is 9.15. The zero-order valence-corrected chi connectivity index (χ0v) is 15.1. The van der Waals surface area contributed by atoms with E-state index in [1.54, 1.807) is 24.6 Å². The standard InChI is InChI=1S/C20H25N3O3/c1-22-11-16(12-25-13-17-5-2-3-8-21-17)20(14-22)7-9-23(15-20)19(24)18-6-4-10-26-18/h2-6,8,10,16H,7,9,11-15H2,1H3/t16-,20+/m0/s1. The summed E-state index contributed by atoms with van der Waals surface area (Å²) in [6.45, 7) is 4.80. The van der Waals surface area contributed by atoms with Crippen LogP contribution in [0.25, 0.3) is 0 Å². The van der Waals surface area contributed by atoms with Crippen LogP contribution >= 0.6 is 0 Å². The molecule has 2 saturated heterocycles. The van der Waals surface area contributed by atoms with Crippen LogP contribution in [0.15, 0.2) is 47.2 Å². The molecule has 1 amide bonds. The number of aromatic nitrogens is 1. The Labute approximate surface area is 153 Å². The highest BCUT2D eigenvalue weighted by atomic mass is 16.5. The number of rotatable bonds is 5. The highest BCUT2D eigenvalue weighted by molar-refractivity contribution is 5.91. The predicted octanol–water partition coefficient (Wildman–Crippen LogP) is 2.29. The van der Waals surface area contributed by atoms with E-state index in [4.69, 9.17) is 9.15 Å². The molecule has 26 heavy (non-hydrogen) atoms. The molecule has 0 unspecified atom stereocenters. The topological polar surface area (TPSA) is 58.8 Å². The van der Waals surface area contributed by atoms with Gasteiger partial charge in [-0.15, -0.1) is 0 Å². The summed E-state index contributed by atoms with van der Waals surface area (Å²) < 4.78 is 11.3. The average molecular weight is 355 g/mol. The van der Waals surface area contributed by atoms with E-state index in [0.29, 0.717) is 24.9 Å². The number of ether oxygens (including phenoxy) is 1. The Balaban J connectivity index is 1.39. The van der Waals surface area contributed by atoms with Crippen molar-refractivity contribution < 1.29 is 13.9 Å². The molecule has 1 spiro atoms. The summed E-state index contributed by atoms with van der Waals surface area (Å²) in [4.78, 5) is 21.2. The van der Waals surface area contributed by atoms with Crippen LogP contribution < -0.4 is 0 Å². The van der Waals surface area contributed by atoms with Crippen molar-refractivity contribution in [1.82, 2.24) is 14.8 Å². The molecule has 2 fully saturated rings. The smallest absolute Gasteiger partial charge is 0.289 e. The summed E-state index contributed by atoms with van der Waals surface area (Å²) in [6.07, 6.45) is 4.36. The van der Waals surface area contributed by atoms with E-state index in [9.17, 15) is 4.79 Å². The lowest BCUT2D eigenvalue weighted by Crippen LogP contribution is -2.38. The van der Waals surface area contributed by atoms with Crippen LogP contribution in [0.1, 0.15) is 22.7 Å². The minimum Gasteiger partial charge on any atom is -0.459 e. The molecule has 4 heterocycles. The Morgan fingerprint density at radius 3 is 3.04 bits per heavy atom. The van der Waals surface area contributed by atoms with E-state index in [-0.39, 0.29) is 11.3 Å². The molecule has 0 aromatic carbocycles. The zero-order valence-electron chi connectivity index (χ0n) is 15.1. The lowest BCUT2D eigenvalue weighted by atomic mass is 9.77. The average Bonchev–Trinajstić information content (AvgIpc) is 3.37. The van der Waals surface area contributed by atoms with E-state index in [1.165, 1.54) is 0 Å². The summed E-state index contributed by atoms with van der Waals surface area (Å²) in [7, 11) is 2.15. The molecule has 0 radical (unpaired) electrons. The molecule has 6 nitrogen and oxygen atoms in total. The molecule has 0 saturated carbocycles. The lowest BCUT2D eigenvalue weighted by Gasteiger charge is -2.30. The van der Waals surface area contributed by atoms with Gasteiger partial charge in [0.05, 0.1) is 25.2 Å². The van der Waals surface area contributed by atoms with Crippen LogP contribution in [0, 0.1) is 11.3 Å². The number of nitrogens with zero attached hydrogens (tertiary/aromatic N) is 3. The van der Waals surface area contributed by atoms with Gasteiger partial charge in [-0.05, 0) is 37.7 Å². The summed E-state index contributed by atoms with van der Waals surface area (Å²) in [5.74, 6) is 0.844. The number of carbonyl (C=O) groups is 1. The quantitative estimate of drug-likeness (QED) is 0.824. The second kappa shape index (κ2) is 7.21. The first kappa shape index (κ1) is 17.2. The van der Waals surface area contributed by atoms with Crippen LogP contribution in [0.4, 0.5) is 0 Å². The van der Waals surface area contributed by atoms with Gasteiger partial charge >= 0.3 is 0 Å². The third-order valence-corrected chi connectivity index (χ3v) is 5.68. The molecule has 2 aliphatic rings. The molecular weight excluding hydrogens is 330 g/mol. The Morgan fingerprint density at radius 2 is 2.27 bits per heavy atom. The number of pyridine rings is 1. The molecule has 2 aliphatic heterocycles. The Kier molecular flexibility index (Phi) is 4.78. The maximum absolute atomic E-state index is 12.6. The van der Waals surface area contributed by atoms with E-state index in [1.807, 2.05) is 23.1 Å². The van der Waals surface area contributed by atoms with Crippen molar-refractivity contribution in [3.05, 3.63) is 54.2 Å². The van der Waals surface area contributed by atoms with Crippen LogP contribution in [-0.4, -0.2) is 60.5 Å². The minimum absolute atomic E-state index is 0.00502. The molecule has 2 aromatic rings. The third-order valence-electron chi connectivity index (χ3n) is 5.68. The number of likely N-dealkylation sites (tertiary alicyclic amines) is 2. The van der Waals surface area contributed by atoms with E-state index in [2.05, 4.69) is 16.9 Å². The van der Waals surface area contributed by atoms with Gasteiger partial charge in [-0.25, -0.2) is 0 Å². The lowest BCUT2D eigenvalue weighted by molar-refractivity contribution is 0.0478. The molecule has 4 rings (SSSR count). The number of hydrogen-bond acceptors (Lipinski definition) is 5. The monoisotopic (exact) mass is 355 g/mol. The van der Waals surface area contributed by atoms with E-state index in [0.717, 1.165) is 38.3 Å². The Bertz CT molecular complexity index is 734. The zero-order chi connectivity index (χ0) is 18.0. The second-order valence-electron chi connectivity index (χ2n) is 7.55. The molecule has 0 bridgehead atoms. The van der Waals surface area contributed by atoms with Crippen LogP contribution in [-0.2, 0) is 11.3 Å². The van der Waals surface area contributed by atoms with Gasteiger partial charge in [0.1, 0.15) is 0 Å². The highest BCUT2D eigenvalue weighted by Crippen LogP contribution is 2.44. The summed E-state index contributed by atoms with van der Waals surface area (Å²) in [5.41, 5.74) is 1.06. The maximum Gasteiger partial charge on any atom is 0.289 e. The molecular formula is C20H25N3O3. The van der Waals surface area contributed by atoms with Gasteiger partial charge in [-0.1, -0.05) is 6.07 Å². The minimum atomic E-state index is -0.00502. The number of hydrogen-bond donors (Lipinski definition) is 0. The molecule has 0 N–H and O–H groups in total. The third kappa shape index (κ3) is 3.39. The van der Waals surface area contributed by atoms with Gasteiger partial charge < -0.3 is 19.0 Å². The fraction of sp³-hybridized carbons (Fsp3) is 0.500. The number of amides is 1. The summed E-state index contributed by atoms with van der Waals surface area (Å²) >= 11 is 0. The molecule has 6 heteroatoms. The van der Waals surface area contributed by atoms with Gasteiger partial charge in [0.15, 0.2) is 5.76 Å². The van der Waals surface area contributed by atoms with Gasteiger partial charge in [-0.3, -0.25) is 9.78 Å². The largest absolute Gasteiger partial charge is 0.459 e. The van der Waals surface area contributed by atoms with Crippen LogP contribution in [0.5, 0.6) is 0 Å². The van der Waals surface area contributed by atoms with Gasteiger partial charge in [-0.2, -0.15) is 0 Å². The molecule has 138 valence electrons. The number of furan rings is 1. The van der Waals surface area contributed by atoms with Crippen LogP contribution in [0.3, 0.4) is 0 Å². The van der Waals surface area contributed by atoms with E-state index < -0.39 is 0 Å². The maximum atomic E-state index is 12.6. The van der Waals surface area contributed by atoms with Crippen molar-refractivity contribution in [3.8, 4) is 0 Å². The normalized spacial score (nSPS) is 26.0. The first-order valence-electron chi connectivity index (χ1n) is 9.15. The number of carbonyl (C=O) groups excluding carboxylic acids is 1. The Morgan fingerprint density at radius 1 is 1.35 bits per heavy atom. The second-order valence-corrected chi connectivity index (χ2v) is 7.55. The van der Waals surface area contributed by atoms with Crippen molar-refractivity contribution in [3.63, 3.8) is 0 Å². The van der Waals surface area contributed by atoms with Gasteiger partial charge in [0, 0.05) is 43.7 Å². The fourth-order valence-corrected chi connectivity index (χ4v) is 4.41. The van der Waals surface area contributed by atoms with Gasteiger partial charge in [0.25, 0.3) is 5.91 Å². The van der Waals surface area contributed by atoms with Crippen molar-refractivity contribution in [2.45, 2.75) is 13.0 Å². The molecule has 2 atom stereocenters. The SMILES string of the molecule is CN1C[C@@H](COCc2ccccn2)[C@]2(CCN(C(=O)c3ccco3)C2)C1. The summed E-state index contributed by atoms with van der Waals surface area (Å²) in [6, 6.07) is 9.37. The first-order chi connectivity index (χ1) is 12.7. The highest BCUT2D eigenvalue weighted by Gasteiger charge is 2.50. The van der Waals surface area contributed by atoms with Crippen molar-refractivity contribution in [1.29, 1.82) is 0 Å². The Hall–Kier alpha value is -2.18. The van der Waals surface area contributed by atoms with Crippen molar-refractivity contribution in [2.75, 3.05) is 39.8 Å². The molecule has 0 aliphatic carbocycles. The van der Waals surface area contributed by atoms with Crippen LogP contribution in [0.2, 0.25) is 0 Å². The fourth-order valence-electron chi connectivity index (χ4n) is 4.41. The predicted molar refractivity (Wildman–Crippen MR) is 96.5 cm³/mol. The van der Waals surface area contributed by atoms with Crippen molar-refractivity contribution >= 4 is 5.91 Å². The summed E-state index contributed by atoms with van der Waals surface area (Å²) in [5, 5.41) is 0. The van der Waals surface area contributed by atoms with Crippen molar-refractivity contribution in [2.24, 2.45) is 11.3 Å². The van der Waals surface area contributed by atoms with E-state index >= 15 is 0 Å². The van der Waals surface area contributed by atoms with Gasteiger partial charge in [0.2, 0.25) is 0 Å².